The molecule has 0 aliphatic rings. The molecule has 0 radical (unpaired) electrons. The highest BCUT2D eigenvalue weighted by molar-refractivity contribution is 6.32. The maximum atomic E-state index is 14.6. The van der Waals surface area contributed by atoms with Crippen molar-refractivity contribution in [2.24, 2.45) is 0 Å². The molecule has 0 spiro atoms. The number of carbonyl (C=O) groups is 1. The normalized spacial score (nSPS) is 11.4. The number of imidazole rings is 1. The van der Waals surface area contributed by atoms with Crippen LogP contribution in [0.2, 0.25) is 5.02 Å². The first-order valence-corrected chi connectivity index (χ1v) is 12.3. The van der Waals surface area contributed by atoms with Crippen molar-refractivity contribution in [2.75, 3.05) is 27.9 Å². The molecule has 0 fully saturated rings. The number of methoxy groups -OCH3 is 2. The fourth-order valence-corrected chi connectivity index (χ4v) is 4.00. The van der Waals surface area contributed by atoms with Crippen LogP contribution in [0.1, 0.15) is 25.2 Å². The van der Waals surface area contributed by atoms with Gasteiger partial charge in [-0.05, 0) is 26.0 Å². The predicted molar refractivity (Wildman–Crippen MR) is 143 cm³/mol. The van der Waals surface area contributed by atoms with Crippen LogP contribution in [0, 0.1) is 5.82 Å². The first-order valence-electron chi connectivity index (χ1n) is 11.9. The summed E-state index contributed by atoms with van der Waals surface area (Å²) in [7, 11) is 4.21. The van der Waals surface area contributed by atoms with Gasteiger partial charge in [-0.2, -0.15) is 4.98 Å². The summed E-state index contributed by atoms with van der Waals surface area (Å²) in [5.41, 5.74) is -1.63. The minimum Gasteiger partial charge on any atom is -0.496 e. The van der Waals surface area contributed by atoms with Crippen molar-refractivity contribution in [3.05, 3.63) is 63.0 Å². The van der Waals surface area contributed by atoms with Crippen LogP contribution < -0.4 is 30.0 Å². The lowest BCUT2D eigenvalue weighted by molar-refractivity contribution is -0.122. The average molecular weight is 576 g/mol. The smallest absolute Gasteiger partial charge is 0.332 e. The molecule has 12 nitrogen and oxygen atoms in total. The third-order valence-electron chi connectivity index (χ3n) is 5.80. The zero-order valence-corrected chi connectivity index (χ0v) is 23.1. The molecule has 1 amide bonds. The molecule has 0 bridgehead atoms. The summed E-state index contributed by atoms with van der Waals surface area (Å²) < 4.78 is 37.8. The lowest BCUT2D eigenvalue weighted by Crippen LogP contribution is -2.25. The number of benzene rings is 2. The number of H-pyrrole nitrogens is 1. The SMILES string of the molecule is CNC(=O)COc1cc(Cl)c(-n2c(=O)[nH]c3c(OC)nc(C(C)(C)O)nc32)cc1OCc1c(F)cccc1OC. The lowest BCUT2D eigenvalue weighted by Gasteiger charge is -2.18. The summed E-state index contributed by atoms with van der Waals surface area (Å²) >= 11 is 6.59. The summed E-state index contributed by atoms with van der Waals surface area (Å²) in [6.07, 6.45) is 0. The van der Waals surface area contributed by atoms with E-state index in [9.17, 15) is 19.1 Å². The van der Waals surface area contributed by atoms with E-state index in [4.69, 9.17) is 30.5 Å². The number of nitrogens with one attached hydrogen (secondary N) is 2. The Morgan fingerprint density at radius 2 is 1.88 bits per heavy atom. The Kier molecular flexibility index (Phi) is 8.16. The molecule has 212 valence electrons. The Balaban J connectivity index is 1.88. The summed E-state index contributed by atoms with van der Waals surface area (Å²) in [5.74, 6) is -0.590. The van der Waals surface area contributed by atoms with E-state index in [2.05, 4.69) is 20.3 Å². The average Bonchev–Trinajstić information content (AvgIpc) is 3.25. The van der Waals surface area contributed by atoms with Gasteiger partial charge >= 0.3 is 5.69 Å². The third-order valence-corrected chi connectivity index (χ3v) is 6.11. The summed E-state index contributed by atoms with van der Waals surface area (Å²) in [6.45, 7) is 2.32. The van der Waals surface area contributed by atoms with Crippen LogP contribution in [-0.2, 0) is 17.0 Å². The van der Waals surface area contributed by atoms with Crippen molar-refractivity contribution >= 4 is 28.7 Å². The highest BCUT2D eigenvalue weighted by Gasteiger charge is 2.26. The molecular formula is C26H27ClFN5O7. The molecule has 0 atom stereocenters. The van der Waals surface area contributed by atoms with E-state index in [1.807, 2.05) is 0 Å². The van der Waals surface area contributed by atoms with Crippen molar-refractivity contribution in [2.45, 2.75) is 26.1 Å². The molecule has 40 heavy (non-hydrogen) atoms. The van der Waals surface area contributed by atoms with Gasteiger partial charge in [-0.1, -0.05) is 17.7 Å². The second-order valence-corrected chi connectivity index (χ2v) is 9.41. The number of likely N-dealkylation sites (N-methyl/N-ethyl adjacent to an activating group) is 1. The number of nitrogens with zero attached hydrogens (tertiary/aromatic N) is 3. The van der Waals surface area contributed by atoms with Gasteiger partial charge in [0.05, 0.1) is 30.5 Å². The number of rotatable bonds is 10. The minimum absolute atomic E-state index is 0.00521. The molecule has 4 aromatic rings. The zero-order chi connectivity index (χ0) is 29.2. The van der Waals surface area contributed by atoms with E-state index >= 15 is 0 Å². The van der Waals surface area contributed by atoms with E-state index in [0.29, 0.717) is 0 Å². The van der Waals surface area contributed by atoms with Crippen LogP contribution in [-0.4, -0.2) is 58.4 Å². The number of aliphatic hydroxyl groups is 1. The van der Waals surface area contributed by atoms with Crippen LogP contribution >= 0.6 is 11.6 Å². The molecule has 0 unspecified atom stereocenters. The van der Waals surface area contributed by atoms with E-state index in [-0.39, 0.29) is 69.6 Å². The van der Waals surface area contributed by atoms with Gasteiger partial charge in [-0.3, -0.25) is 9.78 Å². The standard InChI is InChI=1S/C26H27ClFN5O7/c1-26(2,36)24-31-22-21(23(32-24)38-5)30-25(35)33(22)16-10-19(18(9-14(16)27)40-12-20(34)29-3)39-11-13-15(28)7-6-8-17(13)37-4/h6-10,36H,11-12H2,1-5H3,(H,29,34)(H,30,35). The fraction of sp³-hybridized carbons (Fsp3) is 0.308. The molecule has 0 aliphatic heterocycles. The predicted octanol–water partition coefficient (Wildman–Crippen LogP) is 2.85. The molecule has 14 heteroatoms. The second-order valence-electron chi connectivity index (χ2n) is 9.00. The number of carbonyl (C=O) groups excluding carboxylic acids is 1. The van der Waals surface area contributed by atoms with Crippen LogP contribution in [0.3, 0.4) is 0 Å². The van der Waals surface area contributed by atoms with E-state index < -0.39 is 23.0 Å². The first kappa shape index (κ1) is 28.6. The second kappa shape index (κ2) is 11.4. The van der Waals surface area contributed by atoms with Gasteiger partial charge in [-0.25, -0.2) is 18.7 Å². The molecule has 2 aromatic heterocycles. The number of aromatic amines is 1. The molecule has 3 N–H and O–H groups in total. The fourth-order valence-electron chi connectivity index (χ4n) is 3.76. The summed E-state index contributed by atoms with van der Waals surface area (Å²) in [6, 6.07) is 7.08. The number of aromatic nitrogens is 4. The van der Waals surface area contributed by atoms with Gasteiger partial charge < -0.3 is 29.4 Å². The highest BCUT2D eigenvalue weighted by atomic mass is 35.5. The molecule has 4 rings (SSSR count). The Morgan fingerprint density at radius 3 is 2.52 bits per heavy atom. The first-order chi connectivity index (χ1) is 19.0. The van der Waals surface area contributed by atoms with Crippen molar-refractivity contribution in [1.29, 1.82) is 0 Å². The Morgan fingerprint density at radius 1 is 1.15 bits per heavy atom. The molecular weight excluding hydrogens is 549 g/mol. The van der Waals surface area contributed by atoms with E-state index in [1.165, 1.54) is 59.4 Å². The van der Waals surface area contributed by atoms with Gasteiger partial charge in [0.25, 0.3) is 5.91 Å². The zero-order valence-electron chi connectivity index (χ0n) is 22.3. The van der Waals surface area contributed by atoms with Crippen molar-refractivity contribution in [3.8, 4) is 28.8 Å². The molecule has 0 saturated heterocycles. The Labute approximate surface area is 232 Å². The van der Waals surface area contributed by atoms with Crippen LogP contribution in [0.4, 0.5) is 4.39 Å². The van der Waals surface area contributed by atoms with Gasteiger partial charge in [0, 0.05) is 19.2 Å². The van der Waals surface area contributed by atoms with Gasteiger partial charge in [0.1, 0.15) is 29.3 Å². The van der Waals surface area contributed by atoms with Crippen molar-refractivity contribution in [3.63, 3.8) is 0 Å². The van der Waals surface area contributed by atoms with Crippen LogP contribution in [0.15, 0.2) is 35.1 Å². The molecule has 2 heterocycles. The molecule has 0 aliphatic carbocycles. The number of ether oxygens (including phenoxy) is 4. The van der Waals surface area contributed by atoms with Gasteiger partial charge in [0.2, 0.25) is 5.88 Å². The van der Waals surface area contributed by atoms with Crippen molar-refractivity contribution in [1.82, 2.24) is 24.8 Å². The number of halogens is 2. The number of fused-ring (bicyclic) bond motifs is 1. The van der Waals surface area contributed by atoms with E-state index in [1.54, 1.807) is 6.07 Å². The maximum absolute atomic E-state index is 14.6. The minimum atomic E-state index is -1.46. The van der Waals surface area contributed by atoms with Crippen LogP contribution in [0.25, 0.3) is 16.9 Å². The van der Waals surface area contributed by atoms with Crippen molar-refractivity contribution < 1.29 is 33.2 Å². The largest absolute Gasteiger partial charge is 0.496 e. The number of hydrogen-bond donors (Lipinski definition) is 3. The quantitative estimate of drug-likeness (QED) is 0.259. The molecule has 0 saturated carbocycles. The topological polar surface area (TPSA) is 150 Å². The Bertz CT molecular complexity index is 1630. The molecule has 2 aromatic carbocycles. The van der Waals surface area contributed by atoms with E-state index in [0.717, 1.165) is 4.57 Å². The lowest BCUT2D eigenvalue weighted by atomic mass is 10.1. The third kappa shape index (κ3) is 5.65. The summed E-state index contributed by atoms with van der Waals surface area (Å²) in [4.78, 5) is 36.2. The Hall–Kier alpha value is -4.36. The number of hydrogen-bond acceptors (Lipinski definition) is 9. The van der Waals surface area contributed by atoms with Gasteiger partial charge in [-0.15, -0.1) is 0 Å². The number of amides is 1. The highest BCUT2D eigenvalue weighted by Crippen LogP contribution is 2.37. The maximum Gasteiger partial charge on any atom is 0.332 e. The van der Waals surface area contributed by atoms with Crippen LogP contribution in [0.5, 0.6) is 23.1 Å². The van der Waals surface area contributed by atoms with Gasteiger partial charge in [0.15, 0.2) is 29.6 Å². The monoisotopic (exact) mass is 575 g/mol. The summed E-state index contributed by atoms with van der Waals surface area (Å²) in [5, 5.41) is 13.0.